The van der Waals surface area contributed by atoms with Gasteiger partial charge in [0, 0.05) is 29.5 Å². The number of hydrogen-bond acceptors (Lipinski definition) is 3. The van der Waals surface area contributed by atoms with Gasteiger partial charge in [-0.3, -0.25) is 4.98 Å². The highest BCUT2D eigenvalue weighted by molar-refractivity contribution is 9.10. The minimum absolute atomic E-state index is 0.297. The zero-order valence-electron chi connectivity index (χ0n) is 9.78. The summed E-state index contributed by atoms with van der Waals surface area (Å²) < 4.78 is 19.3. The first-order valence-electron chi connectivity index (χ1n) is 5.39. The van der Waals surface area contributed by atoms with Crippen LogP contribution in [0.4, 0.5) is 10.1 Å². The number of benzene rings is 1. The largest absolute Gasteiger partial charge is 0.487 e. The first-order valence-corrected chi connectivity index (χ1v) is 6.18. The topological polar surface area (TPSA) is 34.2 Å². The van der Waals surface area contributed by atoms with Crippen LogP contribution in [-0.4, -0.2) is 12.0 Å². The van der Waals surface area contributed by atoms with Crippen molar-refractivity contribution in [3.05, 3.63) is 52.5 Å². The van der Waals surface area contributed by atoms with Crippen LogP contribution in [0.1, 0.15) is 5.69 Å². The maximum Gasteiger partial charge on any atom is 0.130 e. The molecule has 0 atom stereocenters. The molecule has 0 saturated heterocycles. The molecule has 0 amide bonds. The third-order valence-corrected chi connectivity index (χ3v) is 2.79. The van der Waals surface area contributed by atoms with Gasteiger partial charge in [0.05, 0.1) is 5.69 Å². The number of ether oxygens (including phenoxy) is 1. The van der Waals surface area contributed by atoms with Crippen LogP contribution < -0.4 is 10.1 Å². The number of nitrogens with zero attached hydrogens (tertiary/aromatic N) is 1. The molecule has 0 unspecified atom stereocenters. The molecule has 0 spiro atoms. The van der Waals surface area contributed by atoms with Gasteiger partial charge in [-0.2, -0.15) is 0 Å². The number of pyridine rings is 1. The molecule has 2 aromatic rings. The van der Waals surface area contributed by atoms with Gasteiger partial charge in [0.25, 0.3) is 0 Å². The Bertz CT molecular complexity index is 528. The number of aromatic nitrogens is 1. The summed E-state index contributed by atoms with van der Waals surface area (Å²) in [5.74, 6) is 0.134. The van der Waals surface area contributed by atoms with E-state index in [1.807, 2.05) is 19.2 Å². The minimum atomic E-state index is -0.337. The molecule has 2 rings (SSSR count). The van der Waals surface area contributed by atoms with Crippen LogP contribution in [-0.2, 0) is 6.61 Å². The van der Waals surface area contributed by atoms with Gasteiger partial charge < -0.3 is 10.1 Å². The molecule has 1 heterocycles. The average molecular weight is 311 g/mol. The fourth-order valence-electron chi connectivity index (χ4n) is 1.48. The molecule has 1 aromatic heterocycles. The number of hydrogen-bond donors (Lipinski definition) is 1. The summed E-state index contributed by atoms with van der Waals surface area (Å²) in [4.78, 5) is 4.18. The van der Waals surface area contributed by atoms with Crippen molar-refractivity contribution in [2.24, 2.45) is 0 Å². The Hall–Kier alpha value is -1.62. The highest BCUT2D eigenvalue weighted by Gasteiger charge is 2.02. The Morgan fingerprint density at radius 2 is 2.17 bits per heavy atom. The number of rotatable bonds is 4. The molecule has 0 radical (unpaired) electrons. The summed E-state index contributed by atoms with van der Waals surface area (Å²) in [6.07, 6.45) is 1.70. The lowest BCUT2D eigenvalue weighted by atomic mass is 10.3. The second kappa shape index (κ2) is 5.82. The molecule has 0 aliphatic rings. The van der Waals surface area contributed by atoms with Gasteiger partial charge in [-0.25, -0.2) is 4.39 Å². The highest BCUT2D eigenvalue weighted by atomic mass is 79.9. The van der Waals surface area contributed by atoms with Crippen LogP contribution in [0.5, 0.6) is 5.75 Å². The Labute approximate surface area is 113 Å². The molecule has 94 valence electrons. The summed E-state index contributed by atoms with van der Waals surface area (Å²) in [6, 6.07) is 8.18. The van der Waals surface area contributed by atoms with Gasteiger partial charge >= 0.3 is 0 Å². The monoisotopic (exact) mass is 310 g/mol. The van der Waals surface area contributed by atoms with Crippen LogP contribution in [0, 0.1) is 5.82 Å². The van der Waals surface area contributed by atoms with Gasteiger partial charge in [-0.1, -0.05) is 15.9 Å². The SMILES string of the molecule is CNc1ccnc(COc2cc(F)cc(Br)c2)c1. The second-order valence-corrected chi connectivity index (χ2v) is 4.60. The van der Waals surface area contributed by atoms with Crippen LogP contribution in [0.2, 0.25) is 0 Å². The van der Waals surface area contributed by atoms with E-state index in [2.05, 4.69) is 26.2 Å². The van der Waals surface area contributed by atoms with Gasteiger partial charge in [-0.05, 0) is 24.3 Å². The standard InChI is InChI=1S/C13H12BrFN2O/c1-16-11-2-3-17-12(7-11)8-18-13-5-9(14)4-10(15)6-13/h2-7H,8H2,1H3,(H,16,17). The van der Waals surface area contributed by atoms with E-state index in [4.69, 9.17) is 4.74 Å². The predicted molar refractivity (Wildman–Crippen MR) is 72.2 cm³/mol. The Morgan fingerprint density at radius 3 is 2.89 bits per heavy atom. The third-order valence-electron chi connectivity index (χ3n) is 2.33. The molecule has 18 heavy (non-hydrogen) atoms. The number of halogens is 2. The quantitative estimate of drug-likeness (QED) is 0.937. The van der Waals surface area contributed by atoms with Crippen LogP contribution in [0.25, 0.3) is 0 Å². The Kier molecular flexibility index (Phi) is 4.15. The smallest absolute Gasteiger partial charge is 0.130 e. The van der Waals surface area contributed by atoms with E-state index in [9.17, 15) is 4.39 Å². The van der Waals surface area contributed by atoms with E-state index in [0.29, 0.717) is 16.8 Å². The van der Waals surface area contributed by atoms with Crippen LogP contribution in [0.15, 0.2) is 41.0 Å². The van der Waals surface area contributed by atoms with E-state index < -0.39 is 0 Å². The highest BCUT2D eigenvalue weighted by Crippen LogP contribution is 2.21. The minimum Gasteiger partial charge on any atom is -0.487 e. The summed E-state index contributed by atoms with van der Waals surface area (Å²) in [5, 5.41) is 3.02. The average Bonchev–Trinajstić information content (AvgIpc) is 2.35. The van der Waals surface area contributed by atoms with Crippen molar-refractivity contribution < 1.29 is 9.13 Å². The lowest BCUT2D eigenvalue weighted by Gasteiger charge is -2.07. The lowest BCUT2D eigenvalue weighted by Crippen LogP contribution is -1.99. The summed E-state index contributed by atoms with van der Waals surface area (Å²) in [7, 11) is 1.84. The molecule has 0 aliphatic heterocycles. The molecule has 5 heteroatoms. The van der Waals surface area contributed by atoms with Crippen molar-refractivity contribution in [3.8, 4) is 5.75 Å². The number of anilines is 1. The van der Waals surface area contributed by atoms with Gasteiger partial charge in [0.2, 0.25) is 0 Å². The van der Waals surface area contributed by atoms with E-state index in [1.54, 1.807) is 12.3 Å². The first-order chi connectivity index (χ1) is 8.67. The van der Waals surface area contributed by atoms with E-state index >= 15 is 0 Å². The van der Waals surface area contributed by atoms with E-state index in [0.717, 1.165) is 11.4 Å². The summed E-state index contributed by atoms with van der Waals surface area (Å²) in [5.41, 5.74) is 1.74. The molecule has 1 aromatic carbocycles. The van der Waals surface area contributed by atoms with E-state index in [1.165, 1.54) is 12.1 Å². The van der Waals surface area contributed by atoms with Crippen molar-refractivity contribution in [2.75, 3.05) is 12.4 Å². The normalized spacial score (nSPS) is 10.2. The molecule has 1 N–H and O–H groups in total. The van der Waals surface area contributed by atoms with Crippen molar-refractivity contribution in [3.63, 3.8) is 0 Å². The fourth-order valence-corrected chi connectivity index (χ4v) is 1.93. The molecule has 3 nitrogen and oxygen atoms in total. The Balaban J connectivity index is 2.06. The van der Waals surface area contributed by atoms with Crippen molar-refractivity contribution in [1.29, 1.82) is 0 Å². The molecular weight excluding hydrogens is 299 g/mol. The first kappa shape index (κ1) is 12.8. The maximum absolute atomic E-state index is 13.1. The predicted octanol–water partition coefficient (Wildman–Crippen LogP) is 3.60. The van der Waals surface area contributed by atoms with Gasteiger partial charge in [-0.15, -0.1) is 0 Å². The maximum atomic E-state index is 13.1. The molecule has 0 saturated carbocycles. The zero-order valence-corrected chi connectivity index (χ0v) is 11.4. The summed E-state index contributed by atoms with van der Waals surface area (Å²) in [6.45, 7) is 0.297. The molecular formula is C13H12BrFN2O. The summed E-state index contributed by atoms with van der Waals surface area (Å²) >= 11 is 3.22. The van der Waals surface area contributed by atoms with Crippen molar-refractivity contribution >= 4 is 21.6 Å². The van der Waals surface area contributed by atoms with Crippen LogP contribution in [0.3, 0.4) is 0 Å². The van der Waals surface area contributed by atoms with Crippen molar-refractivity contribution in [1.82, 2.24) is 4.98 Å². The Morgan fingerprint density at radius 1 is 1.33 bits per heavy atom. The van der Waals surface area contributed by atoms with E-state index in [-0.39, 0.29) is 5.82 Å². The van der Waals surface area contributed by atoms with Crippen LogP contribution >= 0.6 is 15.9 Å². The second-order valence-electron chi connectivity index (χ2n) is 3.68. The van der Waals surface area contributed by atoms with Gasteiger partial charge in [0.15, 0.2) is 0 Å². The lowest BCUT2D eigenvalue weighted by molar-refractivity contribution is 0.299. The van der Waals surface area contributed by atoms with Crippen molar-refractivity contribution in [2.45, 2.75) is 6.61 Å². The molecule has 0 fully saturated rings. The fraction of sp³-hybridized carbons (Fsp3) is 0.154. The molecule has 0 bridgehead atoms. The molecule has 0 aliphatic carbocycles. The number of nitrogens with one attached hydrogen (secondary N) is 1. The zero-order chi connectivity index (χ0) is 13.0. The third kappa shape index (κ3) is 3.43. The van der Waals surface area contributed by atoms with Gasteiger partial charge in [0.1, 0.15) is 18.2 Å².